The summed E-state index contributed by atoms with van der Waals surface area (Å²) in [5.74, 6) is 0.707. The Bertz CT molecular complexity index is 435. The summed E-state index contributed by atoms with van der Waals surface area (Å²) in [4.78, 5) is 8.69. The van der Waals surface area contributed by atoms with Crippen molar-refractivity contribution in [3.8, 4) is 0 Å². The molecule has 1 aromatic heterocycles. The fraction of sp³-hybridized carbons (Fsp3) is 0.812. The Hall–Kier alpha value is -0.450. The van der Waals surface area contributed by atoms with Crippen molar-refractivity contribution in [1.29, 1.82) is 0 Å². The van der Waals surface area contributed by atoms with Crippen LogP contribution in [0.3, 0.4) is 0 Å². The SMILES string of the molecule is CC(C)Cc1ncc(CN2CCC3(CCNCC3)C2)s1. The summed E-state index contributed by atoms with van der Waals surface area (Å²) < 4.78 is 0. The number of likely N-dealkylation sites (tertiary alicyclic amines) is 1. The Labute approximate surface area is 126 Å². The highest BCUT2D eigenvalue weighted by molar-refractivity contribution is 7.11. The van der Waals surface area contributed by atoms with Gasteiger partial charge < -0.3 is 5.32 Å². The van der Waals surface area contributed by atoms with Crippen LogP contribution in [0, 0.1) is 11.3 Å². The zero-order chi connectivity index (χ0) is 14.0. The molecule has 0 bridgehead atoms. The Morgan fingerprint density at radius 3 is 2.90 bits per heavy atom. The summed E-state index contributed by atoms with van der Waals surface area (Å²) in [5, 5.41) is 4.81. The van der Waals surface area contributed by atoms with Gasteiger partial charge in [-0.1, -0.05) is 13.8 Å². The summed E-state index contributed by atoms with van der Waals surface area (Å²) in [6, 6.07) is 0. The van der Waals surface area contributed by atoms with E-state index in [9.17, 15) is 0 Å². The van der Waals surface area contributed by atoms with E-state index in [1.165, 1.54) is 55.3 Å². The third-order valence-electron chi connectivity index (χ3n) is 4.75. The third-order valence-corrected chi connectivity index (χ3v) is 5.75. The van der Waals surface area contributed by atoms with Crippen LogP contribution in [0.4, 0.5) is 0 Å². The molecule has 2 aliphatic rings. The Morgan fingerprint density at radius 2 is 2.15 bits per heavy atom. The van der Waals surface area contributed by atoms with Crippen LogP contribution in [0.25, 0.3) is 0 Å². The lowest BCUT2D eigenvalue weighted by Crippen LogP contribution is -2.38. The van der Waals surface area contributed by atoms with Gasteiger partial charge in [-0.15, -0.1) is 11.3 Å². The maximum absolute atomic E-state index is 4.58. The van der Waals surface area contributed by atoms with Gasteiger partial charge in [0, 0.05) is 30.6 Å². The molecule has 2 saturated heterocycles. The highest BCUT2D eigenvalue weighted by Gasteiger charge is 2.38. The molecule has 0 atom stereocenters. The number of thiazole rings is 1. The standard InChI is InChI=1S/C16H27N3S/c1-13(2)9-15-18-10-14(20-15)11-19-8-5-16(12-19)3-6-17-7-4-16/h10,13,17H,3-9,11-12H2,1-2H3. The molecular weight excluding hydrogens is 266 g/mol. The van der Waals surface area contributed by atoms with Crippen molar-refractivity contribution in [3.63, 3.8) is 0 Å². The van der Waals surface area contributed by atoms with Crippen LogP contribution in [0.5, 0.6) is 0 Å². The van der Waals surface area contributed by atoms with E-state index in [1.807, 2.05) is 11.3 Å². The second-order valence-corrected chi connectivity index (χ2v) is 8.23. The number of hydrogen-bond donors (Lipinski definition) is 1. The first-order valence-corrected chi connectivity index (χ1v) is 8.84. The van der Waals surface area contributed by atoms with Crippen LogP contribution in [0.1, 0.15) is 43.0 Å². The first-order valence-electron chi connectivity index (χ1n) is 8.02. The number of piperidine rings is 1. The fourth-order valence-electron chi connectivity index (χ4n) is 3.61. The quantitative estimate of drug-likeness (QED) is 0.925. The van der Waals surface area contributed by atoms with Gasteiger partial charge in [0.05, 0.1) is 5.01 Å². The molecule has 0 aromatic carbocycles. The average Bonchev–Trinajstić information content (AvgIpc) is 2.99. The van der Waals surface area contributed by atoms with Crippen molar-refractivity contribution in [2.45, 2.75) is 46.1 Å². The largest absolute Gasteiger partial charge is 0.317 e. The molecular formula is C16H27N3S. The Morgan fingerprint density at radius 1 is 1.35 bits per heavy atom. The number of nitrogens with zero attached hydrogens (tertiary/aromatic N) is 2. The Balaban J connectivity index is 1.55. The average molecular weight is 293 g/mol. The summed E-state index contributed by atoms with van der Waals surface area (Å²) in [7, 11) is 0. The number of nitrogens with one attached hydrogen (secondary N) is 1. The minimum atomic E-state index is 0.622. The van der Waals surface area contributed by atoms with E-state index in [4.69, 9.17) is 0 Å². The Kier molecular flexibility index (Phi) is 4.43. The summed E-state index contributed by atoms with van der Waals surface area (Å²) >= 11 is 1.92. The maximum Gasteiger partial charge on any atom is 0.0930 e. The van der Waals surface area contributed by atoms with Crippen LogP contribution in [0.15, 0.2) is 6.20 Å². The molecule has 0 radical (unpaired) electrons. The van der Waals surface area contributed by atoms with Gasteiger partial charge >= 0.3 is 0 Å². The van der Waals surface area contributed by atoms with Crippen molar-refractivity contribution >= 4 is 11.3 Å². The van der Waals surface area contributed by atoms with E-state index in [-0.39, 0.29) is 0 Å². The molecule has 3 nitrogen and oxygen atoms in total. The smallest absolute Gasteiger partial charge is 0.0930 e. The molecule has 1 aromatic rings. The van der Waals surface area contributed by atoms with E-state index in [0.717, 1.165) is 13.0 Å². The van der Waals surface area contributed by atoms with Gasteiger partial charge in [0.15, 0.2) is 0 Å². The summed E-state index contributed by atoms with van der Waals surface area (Å²) in [6.45, 7) is 10.7. The molecule has 1 N–H and O–H groups in total. The number of rotatable bonds is 4. The molecule has 0 amide bonds. The monoisotopic (exact) mass is 293 g/mol. The van der Waals surface area contributed by atoms with Crippen molar-refractivity contribution in [2.75, 3.05) is 26.2 Å². The van der Waals surface area contributed by atoms with Crippen LogP contribution in [-0.4, -0.2) is 36.1 Å². The lowest BCUT2D eigenvalue weighted by Gasteiger charge is -2.33. The van der Waals surface area contributed by atoms with Gasteiger partial charge in [0.25, 0.3) is 0 Å². The van der Waals surface area contributed by atoms with Crippen molar-refractivity contribution in [2.24, 2.45) is 11.3 Å². The van der Waals surface area contributed by atoms with Gasteiger partial charge in [-0.3, -0.25) is 4.90 Å². The fourth-order valence-corrected chi connectivity index (χ4v) is 4.79. The molecule has 20 heavy (non-hydrogen) atoms. The number of aromatic nitrogens is 1. The molecule has 3 rings (SSSR count). The van der Waals surface area contributed by atoms with E-state index in [1.54, 1.807) is 0 Å². The van der Waals surface area contributed by atoms with E-state index in [0.29, 0.717) is 11.3 Å². The maximum atomic E-state index is 4.58. The topological polar surface area (TPSA) is 28.2 Å². The zero-order valence-electron chi connectivity index (χ0n) is 12.8. The van der Waals surface area contributed by atoms with Crippen molar-refractivity contribution in [1.82, 2.24) is 15.2 Å². The molecule has 0 aliphatic carbocycles. The molecule has 4 heteroatoms. The molecule has 0 saturated carbocycles. The lowest BCUT2D eigenvalue weighted by atomic mass is 9.78. The van der Waals surface area contributed by atoms with Crippen LogP contribution < -0.4 is 5.32 Å². The minimum Gasteiger partial charge on any atom is -0.317 e. The second kappa shape index (κ2) is 6.12. The van der Waals surface area contributed by atoms with Crippen molar-refractivity contribution < 1.29 is 0 Å². The first kappa shape index (κ1) is 14.5. The number of hydrogen-bond acceptors (Lipinski definition) is 4. The lowest BCUT2D eigenvalue weighted by molar-refractivity contribution is 0.194. The van der Waals surface area contributed by atoms with Crippen LogP contribution in [0.2, 0.25) is 0 Å². The van der Waals surface area contributed by atoms with E-state index >= 15 is 0 Å². The zero-order valence-corrected chi connectivity index (χ0v) is 13.6. The third kappa shape index (κ3) is 3.41. The van der Waals surface area contributed by atoms with Crippen LogP contribution in [-0.2, 0) is 13.0 Å². The molecule has 3 heterocycles. The normalized spacial score (nSPS) is 22.9. The molecule has 0 unspecified atom stereocenters. The summed E-state index contributed by atoms with van der Waals surface area (Å²) in [6.07, 6.45) is 7.36. The molecule has 112 valence electrons. The predicted octanol–water partition coefficient (Wildman–Crippen LogP) is 2.92. The van der Waals surface area contributed by atoms with Gasteiger partial charge in [0.2, 0.25) is 0 Å². The molecule has 1 spiro atoms. The summed E-state index contributed by atoms with van der Waals surface area (Å²) in [5.41, 5.74) is 0.622. The van der Waals surface area contributed by atoms with Gasteiger partial charge in [-0.05, 0) is 50.2 Å². The second-order valence-electron chi connectivity index (χ2n) is 7.03. The van der Waals surface area contributed by atoms with Gasteiger partial charge in [0.1, 0.15) is 0 Å². The van der Waals surface area contributed by atoms with Gasteiger partial charge in [-0.25, -0.2) is 4.98 Å². The van der Waals surface area contributed by atoms with Crippen LogP contribution >= 0.6 is 11.3 Å². The van der Waals surface area contributed by atoms with E-state index < -0.39 is 0 Å². The van der Waals surface area contributed by atoms with Gasteiger partial charge in [-0.2, -0.15) is 0 Å². The molecule has 2 aliphatic heterocycles. The molecule has 2 fully saturated rings. The first-order chi connectivity index (χ1) is 9.65. The van der Waals surface area contributed by atoms with E-state index in [2.05, 4.69) is 35.2 Å². The minimum absolute atomic E-state index is 0.622. The highest BCUT2D eigenvalue weighted by Crippen LogP contribution is 2.39. The van der Waals surface area contributed by atoms with Crippen molar-refractivity contribution in [3.05, 3.63) is 16.1 Å². The predicted molar refractivity (Wildman–Crippen MR) is 85.1 cm³/mol. The highest BCUT2D eigenvalue weighted by atomic mass is 32.1.